The van der Waals surface area contributed by atoms with E-state index >= 15 is 0 Å². The Labute approximate surface area is 163 Å². The van der Waals surface area contributed by atoms with E-state index in [4.69, 9.17) is 16.6 Å². The van der Waals surface area contributed by atoms with Crippen molar-refractivity contribution < 1.29 is 12.6 Å². The highest BCUT2D eigenvalue weighted by Gasteiger charge is 2.28. The Morgan fingerprint density at radius 3 is 2.61 bits per heavy atom. The summed E-state index contributed by atoms with van der Waals surface area (Å²) in [5.41, 5.74) is 13.0. The van der Waals surface area contributed by atoms with Gasteiger partial charge in [-0.1, -0.05) is 6.07 Å². The number of benzene rings is 1. The molecule has 0 saturated carbocycles. The SMILES string of the molecule is Cc1cc(-c2ccc(S(=O)CCN)c(S(N)(=O)=O)c2-c2nn[nH]n2)cnc1N. The van der Waals surface area contributed by atoms with Gasteiger partial charge in [0.15, 0.2) is 0 Å². The second-order valence-electron chi connectivity index (χ2n) is 5.86. The molecule has 3 rings (SSSR count). The van der Waals surface area contributed by atoms with Crippen LogP contribution in [0.15, 0.2) is 34.2 Å². The van der Waals surface area contributed by atoms with Crippen LogP contribution in [-0.4, -0.2) is 50.5 Å². The van der Waals surface area contributed by atoms with Crippen molar-refractivity contribution in [3.63, 3.8) is 0 Å². The fourth-order valence-electron chi connectivity index (χ4n) is 2.71. The summed E-state index contributed by atoms with van der Waals surface area (Å²) in [5, 5.41) is 19.1. The van der Waals surface area contributed by atoms with Crippen LogP contribution in [0.3, 0.4) is 0 Å². The molecule has 2 aromatic heterocycles. The third-order valence-electron chi connectivity index (χ3n) is 3.95. The molecule has 7 N–H and O–H groups in total. The summed E-state index contributed by atoms with van der Waals surface area (Å²) in [5.74, 6) is 0.396. The van der Waals surface area contributed by atoms with Gasteiger partial charge in [0.25, 0.3) is 0 Å². The Bertz CT molecular complexity index is 1150. The van der Waals surface area contributed by atoms with Gasteiger partial charge in [0.1, 0.15) is 10.7 Å². The molecular weight excluding hydrogens is 404 g/mol. The van der Waals surface area contributed by atoms with Gasteiger partial charge in [-0.15, -0.1) is 10.2 Å². The van der Waals surface area contributed by atoms with Gasteiger partial charge in [0.05, 0.1) is 21.3 Å². The van der Waals surface area contributed by atoms with E-state index in [9.17, 15) is 12.6 Å². The lowest BCUT2D eigenvalue weighted by Crippen LogP contribution is -2.19. The van der Waals surface area contributed by atoms with Crippen molar-refractivity contribution in [3.8, 4) is 22.5 Å². The average Bonchev–Trinajstić information content (AvgIpc) is 3.16. The number of aryl methyl sites for hydroxylation is 1. The zero-order valence-electron chi connectivity index (χ0n) is 14.8. The first-order valence-electron chi connectivity index (χ1n) is 7.98. The minimum absolute atomic E-state index is 0.0138. The van der Waals surface area contributed by atoms with Crippen molar-refractivity contribution in [2.45, 2.75) is 16.7 Å². The van der Waals surface area contributed by atoms with E-state index in [2.05, 4.69) is 25.6 Å². The molecule has 1 unspecified atom stereocenters. The highest BCUT2D eigenvalue weighted by molar-refractivity contribution is 7.91. The number of pyridine rings is 1. The highest BCUT2D eigenvalue weighted by atomic mass is 32.2. The number of sulfonamides is 1. The zero-order chi connectivity index (χ0) is 20.5. The molecule has 0 amide bonds. The summed E-state index contributed by atoms with van der Waals surface area (Å²) in [7, 11) is -5.99. The predicted molar refractivity (Wildman–Crippen MR) is 104 cm³/mol. The average molecular weight is 422 g/mol. The van der Waals surface area contributed by atoms with Crippen LogP contribution in [-0.2, 0) is 20.8 Å². The first kappa shape index (κ1) is 20.0. The van der Waals surface area contributed by atoms with Gasteiger partial charge in [-0.25, -0.2) is 18.5 Å². The number of H-pyrrole nitrogens is 1. The van der Waals surface area contributed by atoms with Gasteiger partial charge in [0.2, 0.25) is 15.8 Å². The molecule has 3 aromatic rings. The first-order chi connectivity index (χ1) is 13.2. The minimum Gasteiger partial charge on any atom is -0.383 e. The molecule has 0 aliphatic carbocycles. The van der Waals surface area contributed by atoms with Gasteiger partial charge >= 0.3 is 0 Å². The number of nitrogens with zero attached hydrogens (tertiary/aromatic N) is 4. The number of nitrogens with two attached hydrogens (primary N) is 3. The fourth-order valence-corrected chi connectivity index (χ4v) is 5.13. The number of anilines is 1. The number of hydrogen-bond donors (Lipinski definition) is 4. The molecule has 0 aliphatic rings. The molecule has 13 heteroatoms. The minimum atomic E-state index is -4.30. The Hall–Kier alpha value is -2.74. The molecule has 0 spiro atoms. The predicted octanol–water partition coefficient (Wildman–Crippen LogP) is -0.467. The van der Waals surface area contributed by atoms with Crippen molar-refractivity contribution in [2.75, 3.05) is 18.0 Å². The van der Waals surface area contributed by atoms with Crippen molar-refractivity contribution >= 4 is 26.6 Å². The van der Waals surface area contributed by atoms with Crippen LogP contribution in [0.4, 0.5) is 5.82 Å². The summed E-state index contributed by atoms with van der Waals surface area (Å²) in [6.45, 7) is 1.88. The second kappa shape index (κ2) is 7.71. The van der Waals surface area contributed by atoms with Crippen LogP contribution in [0.2, 0.25) is 0 Å². The van der Waals surface area contributed by atoms with Gasteiger partial charge in [-0.3, -0.25) is 4.21 Å². The van der Waals surface area contributed by atoms with Gasteiger partial charge in [0, 0.05) is 24.1 Å². The van der Waals surface area contributed by atoms with E-state index in [1.807, 2.05) is 0 Å². The van der Waals surface area contributed by atoms with Crippen LogP contribution in [0.1, 0.15) is 5.56 Å². The maximum absolute atomic E-state index is 12.6. The van der Waals surface area contributed by atoms with E-state index in [1.165, 1.54) is 12.3 Å². The van der Waals surface area contributed by atoms with Crippen molar-refractivity contribution in [3.05, 3.63) is 30.0 Å². The normalized spacial score (nSPS) is 12.8. The lowest BCUT2D eigenvalue weighted by molar-refractivity contribution is 0.595. The standard InChI is InChI=1S/C15H18N8O3S2/c1-8-6-9(7-19-14(8)17)10-2-3-11(27(24)5-4-16)13(28(18,25)26)12(10)15-20-22-23-21-15/h2-3,6-7H,4-5,16H2,1H3,(H2,17,19)(H2,18,25,26)(H,20,21,22,23). The monoisotopic (exact) mass is 422 g/mol. The number of tetrazole rings is 1. The number of aromatic nitrogens is 5. The molecule has 2 heterocycles. The van der Waals surface area contributed by atoms with Crippen LogP contribution in [0, 0.1) is 6.92 Å². The van der Waals surface area contributed by atoms with E-state index < -0.39 is 20.8 Å². The first-order valence-corrected chi connectivity index (χ1v) is 10.8. The molecule has 0 radical (unpaired) electrons. The topological polar surface area (TPSA) is 197 Å². The summed E-state index contributed by atoms with van der Waals surface area (Å²) >= 11 is 0. The van der Waals surface area contributed by atoms with Crippen molar-refractivity contribution in [2.24, 2.45) is 10.9 Å². The number of aromatic amines is 1. The van der Waals surface area contributed by atoms with Crippen LogP contribution < -0.4 is 16.6 Å². The van der Waals surface area contributed by atoms with Crippen molar-refractivity contribution in [1.29, 1.82) is 0 Å². The lowest BCUT2D eigenvalue weighted by atomic mass is 9.99. The Balaban J connectivity index is 2.42. The van der Waals surface area contributed by atoms with E-state index in [0.29, 0.717) is 22.5 Å². The van der Waals surface area contributed by atoms with Crippen LogP contribution >= 0.6 is 0 Å². The molecule has 1 aromatic carbocycles. The van der Waals surface area contributed by atoms with E-state index in [0.717, 1.165) is 0 Å². The molecule has 1 atom stereocenters. The van der Waals surface area contributed by atoms with E-state index in [1.54, 1.807) is 19.1 Å². The summed E-state index contributed by atoms with van der Waals surface area (Å²) in [6.07, 6.45) is 1.49. The third-order valence-corrected chi connectivity index (χ3v) is 6.51. The number of rotatable bonds is 6. The third kappa shape index (κ3) is 3.77. The maximum atomic E-state index is 12.6. The van der Waals surface area contributed by atoms with E-state index in [-0.39, 0.29) is 33.5 Å². The summed E-state index contributed by atoms with van der Waals surface area (Å²) < 4.78 is 37.5. The molecule has 0 fully saturated rings. The smallest absolute Gasteiger partial charge is 0.240 e. The lowest BCUT2D eigenvalue weighted by Gasteiger charge is -2.16. The number of nitrogen functional groups attached to an aromatic ring is 1. The fraction of sp³-hybridized carbons (Fsp3) is 0.200. The second-order valence-corrected chi connectivity index (χ2v) is 8.90. The van der Waals surface area contributed by atoms with Crippen LogP contribution in [0.5, 0.6) is 0 Å². The Morgan fingerprint density at radius 2 is 2.04 bits per heavy atom. The number of nitrogens with one attached hydrogen (secondary N) is 1. The summed E-state index contributed by atoms with van der Waals surface area (Å²) in [4.78, 5) is 3.80. The van der Waals surface area contributed by atoms with Crippen molar-refractivity contribution in [1.82, 2.24) is 25.6 Å². The molecule has 11 nitrogen and oxygen atoms in total. The highest BCUT2D eigenvalue weighted by Crippen LogP contribution is 2.38. The molecule has 0 aliphatic heterocycles. The summed E-state index contributed by atoms with van der Waals surface area (Å²) in [6, 6.07) is 4.79. The molecule has 0 saturated heterocycles. The number of hydrogen-bond acceptors (Lipinski definition) is 9. The van der Waals surface area contributed by atoms with Crippen LogP contribution in [0.25, 0.3) is 22.5 Å². The Kier molecular flexibility index (Phi) is 5.51. The number of primary sulfonamides is 1. The molecule has 148 valence electrons. The molecule has 28 heavy (non-hydrogen) atoms. The largest absolute Gasteiger partial charge is 0.383 e. The quantitative estimate of drug-likeness (QED) is 0.406. The van der Waals surface area contributed by atoms with Gasteiger partial charge in [-0.05, 0) is 35.4 Å². The van der Waals surface area contributed by atoms with Gasteiger partial charge < -0.3 is 11.5 Å². The Morgan fingerprint density at radius 1 is 1.29 bits per heavy atom. The van der Waals surface area contributed by atoms with Gasteiger partial charge in [-0.2, -0.15) is 5.21 Å². The molecular formula is C15H18N8O3S2. The maximum Gasteiger partial charge on any atom is 0.240 e. The molecule has 0 bridgehead atoms. The zero-order valence-corrected chi connectivity index (χ0v) is 16.4.